The van der Waals surface area contributed by atoms with Gasteiger partial charge in [0.15, 0.2) is 5.78 Å². The molecular formula is C28H24BrNO2. The van der Waals surface area contributed by atoms with Crippen LogP contribution >= 0.6 is 15.9 Å². The predicted octanol–water partition coefficient (Wildman–Crippen LogP) is 7.22. The molecule has 1 unspecified atom stereocenters. The first kappa shape index (κ1) is 20.8. The minimum atomic E-state index is 0.185. The Morgan fingerprint density at radius 2 is 1.66 bits per heavy atom. The largest absolute Gasteiger partial charge is 0.494 e. The van der Waals surface area contributed by atoms with Crippen LogP contribution in [0.2, 0.25) is 0 Å². The maximum atomic E-state index is 13.3. The van der Waals surface area contributed by atoms with Crippen LogP contribution in [0.15, 0.2) is 89.4 Å². The monoisotopic (exact) mass is 485 g/mol. The Hall–Kier alpha value is -3.11. The average Bonchev–Trinajstić information content (AvgIpc) is 3.21. The van der Waals surface area contributed by atoms with Crippen LogP contribution < -0.4 is 4.74 Å². The first-order chi connectivity index (χ1) is 15.6. The van der Waals surface area contributed by atoms with E-state index in [1.807, 2.05) is 49.4 Å². The second kappa shape index (κ2) is 8.79. The Morgan fingerprint density at radius 1 is 0.938 bits per heavy atom. The van der Waals surface area contributed by atoms with Gasteiger partial charge in [0.25, 0.3) is 0 Å². The smallest absolute Gasteiger partial charge is 0.165 e. The zero-order chi connectivity index (χ0) is 22.1. The van der Waals surface area contributed by atoms with E-state index in [2.05, 4.69) is 63.0 Å². The molecule has 0 aliphatic heterocycles. The number of hydrogen-bond acceptors (Lipinski definition) is 2. The fourth-order valence-electron chi connectivity index (χ4n) is 4.58. The summed E-state index contributed by atoms with van der Waals surface area (Å²) >= 11 is 3.53. The summed E-state index contributed by atoms with van der Waals surface area (Å²) in [6.45, 7) is 2.62. The molecule has 0 bridgehead atoms. The number of carbonyl (C=O) groups is 1. The molecule has 1 aliphatic carbocycles. The van der Waals surface area contributed by atoms with Crippen molar-refractivity contribution in [2.75, 3.05) is 6.61 Å². The van der Waals surface area contributed by atoms with Crippen molar-refractivity contribution in [3.8, 4) is 22.7 Å². The summed E-state index contributed by atoms with van der Waals surface area (Å²) in [5.74, 6) is 1.24. The minimum Gasteiger partial charge on any atom is -0.494 e. The van der Waals surface area contributed by atoms with Gasteiger partial charge in [0, 0.05) is 27.8 Å². The molecule has 0 amide bonds. The van der Waals surface area contributed by atoms with Crippen molar-refractivity contribution < 1.29 is 9.53 Å². The number of halogens is 1. The number of ketones is 1. The summed E-state index contributed by atoms with van der Waals surface area (Å²) in [5, 5.41) is 0. The molecule has 3 aromatic carbocycles. The van der Waals surface area contributed by atoms with Crippen LogP contribution in [0.25, 0.3) is 16.9 Å². The lowest BCUT2D eigenvalue weighted by Gasteiger charge is -2.24. The highest BCUT2D eigenvalue weighted by Gasteiger charge is 2.31. The number of fused-ring (bicyclic) bond motifs is 1. The van der Waals surface area contributed by atoms with Gasteiger partial charge < -0.3 is 9.30 Å². The standard InChI is InChI=1S/C28H24BrNO2/c1-2-32-24-14-12-23(13-15-24)30-26(20-8-10-22(29)11-9-20)18-25-27(30)16-21(17-28(25)31)19-6-4-3-5-7-19/h3-15,18,21H,2,16-17H2,1H3. The Labute approximate surface area is 196 Å². The van der Waals surface area contributed by atoms with Crippen LogP contribution in [0.3, 0.4) is 0 Å². The Morgan fingerprint density at radius 3 is 2.34 bits per heavy atom. The molecule has 0 fully saturated rings. The molecule has 0 saturated carbocycles. The number of benzene rings is 3. The van der Waals surface area contributed by atoms with Gasteiger partial charge in [0.1, 0.15) is 5.75 Å². The van der Waals surface area contributed by atoms with Gasteiger partial charge in [-0.15, -0.1) is 0 Å². The van der Waals surface area contributed by atoms with E-state index >= 15 is 0 Å². The highest BCUT2D eigenvalue weighted by molar-refractivity contribution is 9.10. The highest BCUT2D eigenvalue weighted by atomic mass is 79.9. The molecule has 0 saturated heterocycles. The zero-order valence-corrected chi connectivity index (χ0v) is 19.5. The lowest BCUT2D eigenvalue weighted by Crippen LogP contribution is -2.20. The summed E-state index contributed by atoms with van der Waals surface area (Å²) < 4.78 is 8.93. The summed E-state index contributed by atoms with van der Waals surface area (Å²) in [4.78, 5) is 13.3. The van der Waals surface area contributed by atoms with E-state index in [0.29, 0.717) is 13.0 Å². The summed E-state index contributed by atoms with van der Waals surface area (Å²) in [5.41, 5.74) is 6.29. The molecule has 1 atom stereocenters. The third-order valence-electron chi connectivity index (χ3n) is 6.09. The predicted molar refractivity (Wildman–Crippen MR) is 132 cm³/mol. The fourth-order valence-corrected chi connectivity index (χ4v) is 4.84. The van der Waals surface area contributed by atoms with Gasteiger partial charge in [-0.1, -0.05) is 58.4 Å². The maximum absolute atomic E-state index is 13.3. The van der Waals surface area contributed by atoms with E-state index in [4.69, 9.17) is 4.74 Å². The van der Waals surface area contributed by atoms with E-state index in [0.717, 1.165) is 44.8 Å². The number of aromatic nitrogens is 1. The number of nitrogens with zero attached hydrogens (tertiary/aromatic N) is 1. The van der Waals surface area contributed by atoms with E-state index in [1.54, 1.807) is 0 Å². The Kier molecular flexibility index (Phi) is 5.71. The van der Waals surface area contributed by atoms with Crippen molar-refractivity contribution in [2.45, 2.75) is 25.7 Å². The lowest BCUT2D eigenvalue weighted by molar-refractivity contribution is 0.0963. The molecule has 1 heterocycles. The molecule has 160 valence electrons. The normalized spacial score (nSPS) is 15.4. The van der Waals surface area contributed by atoms with Gasteiger partial charge in [0.2, 0.25) is 0 Å². The van der Waals surface area contributed by atoms with Gasteiger partial charge in [0.05, 0.1) is 12.3 Å². The molecule has 1 aliphatic rings. The van der Waals surface area contributed by atoms with Crippen molar-refractivity contribution in [1.29, 1.82) is 0 Å². The summed E-state index contributed by atoms with van der Waals surface area (Å²) in [6.07, 6.45) is 1.37. The van der Waals surface area contributed by atoms with Gasteiger partial charge in [-0.3, -0.25) is 4.79 Å². The van der Waals surface area contributed by atoms with Crippen LogP contribution in [0.1, 0.15) is 40.9 Å². The van der Waals surface area contributed by atoms with Gasteiger partial charge in [-0.05, 0) is 72.9 Å². The van der Waals surface area contributed by atoms with Crippen LogP contribution in [0, 0.1) is 0 Å². The van der Waals surface area contributed by atoms with Crippen molar-refractivity contribution in [2.24, 2.45) is 0 Å². The fraction of sp³-hybridized carbons (Fsp3) is 0.179. The molecule has 4 aromatic rings. The van der Waals surface area contributed by atoms with Gasteiger partial charge in [-0.25, -0.2) is 0 Å². The minimum absolute atomic E-state index is 0.185. The summed E-state index contributed by atoms with van der Waals surface area (Å²) in [7, 11) is 0. The van der Waals surface area contributed by atoms with Gasteiger partial charge in [-0.2, -0.15) is 0 Å². The molecular weight excluding hydrogens is 462 g/mol. The first-order valence-electron chi connectivity index (χ1n) is 11.0. The summed E-state index contributed by atoms with van der Waals surface area (Å²) in [6, 6.07) is 28.8. The highest BCUT2D eigenvalue weighted by Crippen LogP contribution is 2.39. The zero-order valence-electron chi connectivity index (χ0n) is 17.9. The van der Waals surface area contributed by atoms with Crippen molar-refractivity contribution in [1.82, 2.24) is 4.57 Å². The van der Waals surface area contributed by atoms with E-state index < -0.39 is 0 Å². The van der Waals surface area contributed by atoms with Crippen LogP contribution in [0.4, 0.5) is 0 Å². The van der Waals surface area contributed by atoms with E-state index in [-0.39, 0.29) is 11.7 Å². The van der Waals surface area contributed by atoms with Crippen molar-refractivity contribution >= 4 is 21.7 Å². The Bertz CT molecular complexity index is 1240. The maximum Gasteiger partial charge on any atom is 0.165 e. The van der Waals surface area contributed by atoms with Gasteiger partial charge >= 0.3 is 0 Å². The molecule has 0 N–H and O–H groups in total. The molecule has 32 heavy (non-hydrogen) atoms. The van der Waals surface area contributed by atoms with Crippen LogP contribution in [-0.4, -0.2) is 17.0 Å². The lowest BCUT2D eigenvalue weighted by atomic mass is 9.82. The quantitative estimate of drug-likeness (QED) is 0.298. The van der Waals surface area contributed by atoms with E-state index in [1.165, 1.54) is 5.56 Å². The molecule has 1 aromatic heterocycles. The second-order valence-electron chi connectivity index (χ2n) is 8.10. The SMILES string of the molecule is CCOc1ccc(-n2c(-c3ccc(Br)cc3)cc3c2CC(c2ccccc2)CC3=O)cc1. The molecule has 3 nitrogen and oxygen atoms in total. The topological polar surface area (TPSA) is 31.2 Å². The van der Waals surface area contributed by atoms with Crippen molar-refractivity contribution in [3.05, 3.63) is 106 Å². The Balaban J connectivity index is 1.66. The third-order valence-corrected chi connectivity index (χ3v) is 6.62. The number of Topliss-reactive ketones (excluding diaryl/α,β-unsaturated/α-hetero) is 1. The number of ether oxygens (including phenoxy) is 1. The average molecular weight is 486 g/mol. The molecule has 0 spiro atoms. The first-order valence-corrected chi connectivity index (χ1v) is 11.7. The molecule has 5 rings (SSSR count). The van der Waals surface area contributed by atoms with Crippen LogP contribution in [-0.2, 0) is 6.42 Å². The third kappa shape index (κ3) is 3.91. The number of hydrogen-bond donors (Lipinski definition) is 0. The molecule has 0 radical (unpaired) electrons. The van der Waals surface area contributed by atoms with Crippen LogP contribution in [0.5, 0.6) is 5.75 Å². The number of carbonyl (C=O) groups excluding carboxylic acids is 1. The van der Waals surface area contributed by atoms with E-state index in [9.17, 15) is 4.79 Å². The second-order valence-corrected chi connectivity index (χ2v) is 9.01. The molecule has 4 heteroatoms. The number of rotatable bonds is 5. The van der Waals surface area contributed by atoms with Crippen molar-refractivity contribution in [3.63, 3.8) is 0 Å².